The minimum Gasteiger partial charge on any atom is -0.497 e. The summed E-state index contributed by atoms with van der Waals surface area (Å²) in [5.74, 6) is -9.70. The van der Waals surface area contributed by atoms with E-state index in [0.717, 1.165) is 6.42 Å². The Morgan fingerprint density at radius 1 is 0.852 bits per heavy atom. The summed E-state index contributed by atoms with van der Waals surface area (Å²) >= 11 is 0. The number of Topliss-reactive ketones (excluding diaryl/α,β-unsaturated/α-hetero) is 1. The highest BCUT2D eigenvalue weighted by Crippen LogP contribution is 2.28. The summed E-state index contributed by atoms with van der Waals surface area (Å²) in [6.45, 7) is 21.3. The molecule has 13 atom stereocenters. The second-order valence-corrected chi connectivity index (χ2v) is 24.0. The molecule has 0 bridgehead atoms. The Morgan fingerprint density at radius 3 is 2.07 bits per heavy atom. The molecule has 7 amide bonds. The van der Waals surface area contributed by atoms with Crippen LogP contribution in [0.25, 0.3) is 0 Å². The number of methoxy groups -OCH3 is 1. The van der Waals surface area contributed by atoms with Crippen LogP contribution in [0, 0.1) is 35.5 Å². The van der Waals surface area contributed by atoms with E-state index in [2.05, 4.69) is 16.0 Å². The van der Waals surface area contributed by atoms with Crippen LogP contribution in [0.4, 0.5) is 0 Å². The van der Waals surface area contributed by atoms with Gasteiger partial charge in [-0.2, -0.15) is 0 Å². The van der Waals surface area contributed by atoms with Gasteiger partial charge in [-0.25, -0.2) is 4.79 Å². The lowest BCUT2D eigenvalue weighted by molar-refractivity contribution is -0.163. The molecule has 4 N–H and O–H groups in total. The molecule has 454 valence electrons. The van der Waals surface area contributed by atoms with Crippen molar-refractivity contribution in [3.63, 3.8) is 0 Å². The van der Waals surface area contributed by atoms with E-state index in [4.69, 9.17) is 14.2 Å². The van der Waals surface area contributed by atoms with Crippen LogP contribution in [0.2, 0.25) is 0 Å². The Morgan fingerprint density at radius 2 is 1.49 bits per heavy atom. The van der Waals surface area contributed by atoms with Gasteiger partial charge in [0.05, 0.1) is 31.6 Å². The van der Waals surface area contributed by atoms with Gasteiger partial charge in [0.15, 0.2) is 11.9 Å². The maximum Gasteiger partial charge on any atom is 0.329 e. The van der Waals surface area contributed by atoms with Crippen molar-refractivity contribution in [2.75, 3.05) is 34.3 Å². The first-order valence-electron chi connectivity index (χ1n) is 29.4. The highest BCUT2D eigenvalue weighted by atomic mass is 16.6. The molecule has 1 aromatic rings. The van der Waals surface area contributed by atoms with Gasteiger partial charge < -0.3 is 54.9 Å². The number of benzene rings is 1. The van der Waals surface area contributed by atoms with Crippen molar-refractivity contribution >= 4 is 59.1 Å². The molecule has 2 unspecified atom stereocenters. The van der Waals surface area contributed by atoms with Crippen LogP contribution in [-0.4, -0.2) is 179 Å². The summed E-state index contributed by atoms with van der Waals surface area (Å²) in [6.07, 6.45) is -1.77. The molecular formula is C60H95N7O14. The number of cyclic esters (lactones) is 2. The zero-order chi connectivity index (χ0) is 60.7. The first-order chi connectivity index (χ1) is 38.1. The van der Waals surface area contributed by atoms with Crippen LogP contribution < -0.4 is 20.7 Å². The van der Waals surface area contributed by atoms with Crippen molar-refractivity contribution in [2.24, 2.45) is 35.5 Å². The second kappa shape index (κ2) is 30.8. The number of ketones is 1. The highest BCUT2D eigenvalue weighted by Gasteiger charge is 2.46. The van der Waals surface area contributed by atoms with Crippen LogP contribution in [0.3, 0.4) is 0 Å². The number of esters is 2. The molecule has 3 saturated heterocycles. The van der Waals surface area contributed by atoms with E-state index >= 15 is 9.59 Å². The van der Waals surface area contributed by atoms with Crippen LogP contribution in [-0.2, 0) is 63.8 Å². The highest BCUT2D eigenvalue weighted by molar-refractivity contribution is 6.05. The van der Waals surface area contributed by atoms with E-state index in [1.165, 1.54) is 49.8 Å². The molecule has 0 aromatic heterocycles. The molecule has 21 nitrogen and oxygen atoms in total. The Bertz CT molecular complexity index is 2360. The van der Waals surface area contributed by atoms with Gasteiger partial charge >= 0.3 is 11.9 Å². The van der Waals surface area contributed by atoms with E-state index in [1.54, 1.807) is 56.9 Å². The van der Waals surface area contributed by atoms with E-state index in [-0.39, 0.29) is 55.9 Å². The van der Waals surface area contributed by atoms with Gasteiger partial charge in [0.2, 0.25) is 41.4 Å². The maximum atomic E-state index is 15.1. The molecule has 81 heavy (non-hydrogen) atoms. The average Bonchev–Trinajstić information content (AvgIpc) is 4.23. The second-order valence-electron chi connectivity index (χ2n) is 24.0. The standard InChI is InChI=1S/C60H95N7O14/c1-16-20-37(10)56(74)66-27-18-21-43(66)58(76)64(13)45(30-34(5)6)54(72)63-50-39(12)80-60(78)46(31-40-23-25-41(79-15)26-24-40)65(14)59(77)44-22-19-28-67(44)57(75)42(29-33(3)4)61-53(71)38(11)51(70)52(35(7)8)81-48(69)32-47(68)49(36(9)17-2)62-55(50)73/h23-26,33-39,42-47,49-50,52,68H,16-22,27-32H2,1-15H3,(H,61,71)(H,62,73)(H,63,72)/t36-,37?,38?,39+,42-,43-,44-,45+,46-,47-,49+,50-,52-/m0/s1. The fraction of sp³-hybridized carbons (Fsp3) is 0.733. The van der Waals surface area contributed by atoms with Gasteiger partial charge in [0.25, 0.3) is 0 Å². The number of fused-ring (bicyclic) bond motifs is 1. The maximum absolute atomic E-state index is 15.1. The molecule has 3 heterocycles. The van der Waals surface area contributed by atoms with E-state index in [9.17, 15) is 43.5 Å². The first kappa shape index (κ1) is 67.4. The van der Waals surface area contributed by atoms with Crippen LogP contribution in [0.15, 0.2) is 24.3 Å². The Labute approximate surface area is 480 Å². The number of ether oxygens (including phenoxy) is 3. The largest absolute Gasteiger partial charge is 0.497 e. The van der Waals surface area contributed by atoms with E-state index in [0.29, 0.717) is 50.0 Å². The van der Waals surface area contributed by atoms with Crippen molar-refractivity contribution < 1.29 is 67.3 Å². The lowest BCUT2D eigenvalue weighted by Gasteiger charge is -2.36. The molecular weight excluding hydrogens is 1040 g/mol. The molecule has 0 spiro atoms. The molecule has 3 aliphatic heterocycles. The molecule has 1 aromatic carbocycles. The summed E-state index contributed by atoms with van der Waals surface area (Å²) in [6, 6.07) is -1.82. The zero-order valence-electron chi connectivity index (χ0n) is 50.8. The number of amides is 7. The summed E-state index contributed by atoms with van der Waals surface area (Å²) in [4.78, 5) is 150. The van der Waals surface area contributed by atoms with Gasteiger partial charge in [0, 0.05) is 39.5 Å². The van der Waals surface area contributed by atoms with Crippen molar-refractivity contribution in [1.82, 2.24) is 35.6 Å². The summed E-state index contributed by atoms with van der Waals surface area (Å²) in [5.41, 5.74) is 0.586. The SMILES string of the molecule is CCCC(C)C(=O)N1CCC[C@H]1C(=O)N(C)[C@H](CC(C)C)C(=O)N[C@@H]1C(=O)N[C@H]([C@@H](C)CC)[C@@H](O)CC(=O)O[C@@H](C(C)C)C(=O)C(C)C(=O)N[C@@H](CC(C)C)C(=O)N2CCC[C@H]2C(=O)N(C)[C@@H](Cc2ccc(OC)cc2)C(=O)O[C@@H]1C. The fourth-order valence-electron chi connectivity index (χ4n) is 11.1. The van der Waals surface area contributed by atoms with Crippen LogP contribution in [0.5, 0.6) is 5.75 Å². The minimum absolute atomic E-state index is 0.114. The lowest BCUT2D eigenvalue weighted by Crippen LogP contribution is -2.62. The molecule has 0 radical (unpaired) electrons. The lowest BCUT2D eigenvalue weighted by atomic mass is 9.91. The van der Waals surface area contributed by atoms with Gasteiger partial charge in [-0.1, -0.05) is 94.2 Å². The number of aliphatic hydroxyl groups excluding tert-OH is 1. The molecule has 0 saturated carbocycles. The number of carbonyl (C=O) groups is 10. The third kappa shape index (κ3) is 17.7. The molecule has 3 fully saturated rings. The minimum atomic E-state index is -1.73. The summed E-state index contributed by atoms with van der Waals surface area (Å²) in [5, 5.41) is 20.2. The summed E-state index contributed by atoms with van der Waals surface area (Å²) in [7, 11) is 4.40. The van der Waals surface area contributed by atoms with Crippen LogP contribution >= 0.6 is 0 Å². The topological polar surface area (TPSA) is 268 Å². The van der Waals surface area contributed by atoms with Gasteiger partial charge in [-0.3, -0.25) is 43.2 Å². The van der Waals surface area contributed by atoms with Gasteiger partial charge in [-0.05, 0) is 100 Å². The number of hydrogen-bond donors (Lipinski definition) is 4. The number of rotatable bonds is 17. The van der Waals surface area contributed by atoms with E-state index < -0.39 is 138 Å². The first-order valence-corrected chi connectivity index (χ1v) is 29.4. The van der Waals surface area contributed by atoms with E-state index in [1.807, 2.05) is 41.5 Å². The smallest absolute Gasteiger partial charge is 0.329 e. The zero-order valence-corrected chi connectivity index (χ0v) is 50.8. The predicted molar refractivity (Wildman–Crippen MR) is 303 cm³/mol. The fourth-order valence-corrected chi connectivity index (χ4v) is 11.1. The number of likely N-dealkylation sites (N-methyl/N-ethyl adjacent to an activating group) is 2. The van der Waals surface area contributed by atoms with Gasteiger partial charge in [0.1, 0.15) is 48.1 Å². The van der Waals surface area contributed by atoms with Crippen molar-refractivity contribution in [1.29, 1.82) is 0 Å². The number of aliphatic hydroxyl groups is 1. The van der Waals surface area contributed by atoms with Gasteiger partial charge in [-0.15, -0.1) is 0 Å². The molecule has 4 rings (SSSR count). The number of carbonyl (C=O) groups excluding carboxylic acids is 10. The number of nitrogens with one attached hydrogen (secondary N) is 3. The normalized spacial score (nSPS) is 27.3. The molecule has 3 aliphatic rings. The van der Waals surface area contributed by atoms with Crippen molar-refractivity contribution in [3.05, 3.63) is 29.8 Å². The molecule has 0 aliphatic carbocycles. The quantitative estimate of drug-likeness (QED) is 0.125. The predicted octanol–water partition coefficient (Wildman–Crippen LogP) is 4.37. The average molecular weight is 1140 g/mol. The Balaban J connectivity index is 1.88. The van der Waals surface area contributed by atoms with Crippen molar-refractivity contribution in [3.8, 4) is 5.75 Å². The monoisotopic (exact) mass is 1140 g/mol. The van der Waals surface area contributed by atoms with Crippen LogP contribution in [0.1, 0.15) is 153 Å². The molecule has 21 heteroatoms. The number of hydrogen-bond acceptors (Lipinski definition) is 14. The van der Waals surface area contributed by atoms with Crippen molar-refractivity contribution in [2.45, 2.75) is 214 Å². The number of nitrogens with zero attached hydrogens (tertiary/aromatic N) is 4. The third-order valence-corrected chi connectivity index (χ3v) is 16.3. The summed E-state index contributed by atoms with van der Waals surface area (Å²) < 4.78 is 17.3. The Kier molecular flexibility index (Phi) is 25.6. The third-order valence-electron chi connectivity index (χ3n) is 16.3. The number of likely N-dealkylation sites (tertiary alicyclic amines) is 1. The Hall–Kier alpha value is -6.12.